The number of rotatable bonds is 1. The first-order valence-corrected chi connectivity index (χ1v) is 8.87. The topological polar surface area (TPSA) is 63.3 Å². The quantitative estimate of drug-likeness (QED) is 0.455. The van der Waals surface area contributed by atoms with Gasteiger partial charge in [0.2, 0.25) is 0 Å². The minimum Gasteiger partial charge on any atom is -0.478 e. The van der Waals surface area contributed by atoms with E-state index in [4.69, 9.17) is 10.8 Å². The molecule has 0 saturated heterocycles. The van der Waals surface area contributed by atoms with Gasteiger partial charge in [-0.05, 0) is 24.6 Å². The second-order valence-corrected chi connectivity index (χ2v) is 9.80. The molecule has 3 nitrogen and oxygen atoms in total. The normalized spacial score (nSPS) is 10.6. The van der Waals surface area contributed by atoms with Gasteiger partial charge in [-0.1, -0.05) is 25.6 Å². The molecule has 4 heteroatoms. The van der Waals surface area contributed by atoms with E-state index in [1.807, 2.05) is 0 Å². The number of nitrogens with two attached hydrogens (primary N) is 1. The molecule has 0 radical (unpaired) electrons. The van der Waals surface area contributed by atoms with Crippen LogP contribution in [0.3, 0.4) is 0 Å². The summed E-state index contributed by atoms with van der Waals surface area (Å²) in [5, 5.41) is 9.05. The van der Waals surface area contributed by atoms with Crippen molar-refractivity contribution in [2.45, 2.75) is 26.6 Å². The van der Waals surface area contributed by atoms with Gasteiger partial charge in [-0.15, -0.1) is 5.54 Å². The maximum absolute atomic E-state index is 11.0. The standard InChI is InChI=1S/C13H17NO2Si/c1-9-10(5-6-17(2,3)4)7-11(14)8-12(9)13(15)16/h7-8H,14H2,1-4H3,(H,15,16). The van der Waals surface area contributed by atoms with E-state index in [1.54, 1.807) is 13.0 Å². The van der Waals surface area contributed by atoms with Crippen LogP contribution in [0.1, 0.15) is 21.5 Å². The van der Waals surface area contributed by atoms with E-state index in [0.29, 0.717) is 16.8 Å². The maximum Gasteiger partial charge on any atom is 0.336 e. The average Bonchev–Trinajstić information content (AvgIpc) is 2.17. The second-order valence-electron chi connectivity index (χ2n) is 5.05. The Morgan fingerprint density at radius 1 is 1.35 bits per heavy atom. The monoisotopic (exact) mass is 247 g/mol. The highest BCUT2D eigenvalue weighted by molar-refractivity contribution is 6.83. The van der Waals surface area contributed by atoms with Gasteiger partial charge < -0.3 is 10.8 Å². The van der Waals surface area contributed by atoms with Crippen molar-refractivity contribution in [1.29, 1.82) is 0 Å². The first kappa shape index (κ1) is 13.3. The van der Waals surface area contributed by atoms with Crippen LogP contribution in [-0.4, -0.2) is 19.1 Å². The molecule has 1 rings (SSSR count). The number of nitrogen functional groups attached to an aromatic ring is 1. The molecule has 0 unspecified atom stereocenters. The third-order valence-corrected chi connectivity index (χ3v) is 3.11. The summed E-state index contributed by atoms with van der Waals surface area (Å²) in [6, 6.07) is 3.20. The van der Waals surface area contributed by atoms with Crippen molar-refractivity contribution >= 4 is 19.7 Å². The van der Waals surface area contributed by atoms with Crippen LogP contribution in [0, 0.1) is 18.4 Å². The second kappa shape index (κ2) is 4.64. The lowest BCUT2D eigenvalue weighted by atomic mass is 10.0. The summed E-state index contributed by atoms with van der Waals surface area (Å²) in [5.74, 6) is 2.09. The number of anilines is 1. The van der Waals surface area contributed by atoms with Gasteiger partial charge in [0.1, 0.15) is 8.07 Å². The molecule has 0 bridgehead atoms. The number of carboxylic acid groups (broad SMARTS) is 1. The van der Waals surface area contributed by atoms with E-state index < -0.39 is 14.0 Å². The van der Waals surface area contributed by atoms with Gasteiger partial charge >= 0.3 is 5.97 Å². The van der Waals surface area contributed by atoms with Crippen LogP contribution < -0.4 is 5.73 Å². The number of carboxylic acids is 1. The zero-order valence-corrected chi connectivity index (χ0v) is 11.6. The lowest BCUT2D eigenvalue weighted by Crippen LogP contribution is -2.16. The van der Waals surface area contributed by atoms with Gasteiger partial charge in [0.05, 0.1) is 5.56 Å². The first-order valence-electron chi connectivity index (χ1n) is 5.37. The molecule has 0 amide bonds. The molecule has 0 saturated carbocycles. The fourth-order valence-corrected chi connectivity index (χ4v) is 1.85. The highest BCUT2D eigenvalue weighted by Gasteiger charge is 2.12. The van der Waals surface area contributed by atoms with Gasteiger partial charge in [-0.3, -0.25) is 0 Å². The number of hydrogen-bond acceptors (Lipinski definition) is 2. The van der Waals surface area contributed by atoms with Crippen LogP contribution in [0.15, 0.2) is 12.1 Å². The van der Waals surface area contributed by atoms with Crippen LogP contribution in [0.2, 0.25) is 19.6 Å². The Morgan fingerprint density at radius 2 is 1.94 bits per heavy atom. The van der Waals surface area contributed by atoms with Crippen LogP contribution in [-0.2, 0) is 0 Å². The molecular weight excluding hydrogens is 230 g/mol. The van der Waals surface area contributed by atoms with Crippen molar-refractivity contribution < 1.29 is 9.90 Å². The molecule has 0 aliphatic rings. The minimum atomic E-state index is -1.47. The molecule has 0 spiro atoms. The molecule has 0 atom stereocenters. The van der Waals surface area contributed by atoms with Gasteiger partial charge in [0.25, 0.3) is 0 Å². The van der Waals surface area contributed by atoms with Gasteiger partial charge in [0.15, 0.2) is 0 Å². The molecule has 3 N–H and O–H groups in total. The summed E-state index contributed by atoms with van der Waals surface area (Å²) >= 11 is 0. The Hall–Kier alpha value is -1.73. The van der Waals surface area contributed by atoms with Crippen LogP contribution in [0.4, 0.5) is 5.69 Å². The largest absolute Gasteiger partial charge is 0.478 e. The van der Waals surface area contributed by atoms with Gasteiger partial charge in [-0.25, -0.2) is 4.79 Å². The molecule has 1 aromatic carbocycles. The summed E-state index contributed by atoms with van der Waals surface area (Å²) in [5.41, 5.74) is 11.0. The summed E-state index contributed by atoms with van der Waals surface area (Å²) < 4.78 is 0. The molecule has 1 aromatic rings. The Kier molecular flexibility index (Phi) is 3.64. The Bertz CT molecular complexity index is 519. The van der Waals surface area contributed by atoms with E-state index in [9.17, 15) is 4.79 Å². The number of benzene rings is 1. The summed E-state index contributed by atoms with van der Waals surface area (Å²) in [4.78, 5) is 11.0. The summed E-state index contributed by atoms with van der Waals surface area (Å²) in [6.07, 6.45) is 0. The molecule has 0 heterocycles. The number of hydrogen-bond donors (Lipinski definition) is 2. The SMILES string of the molecule is Cc1c(C#C[Si](C)(C)C)cc(N)cc1C(=O)O. The summed E-state index contributed by atoms with van der Waals surface area (Å²) in [7, 11) is -1.47. The van der Waals surface area contributed by atoms with Gasteiger partial charge in [-0.2, -0.15) is 0 Å². The molecule has 0 fully saturated rings. The van der Waals surface area contributed by atoms with E-state index >= 15 is 0 Å². The molecule has 0 aliphatic heterocycles. The fraction of sp³-hybridized carbons (Fsp3) is 0.308. The Balaban J connectivity index is 3.34. The number of aromatic carboxylic acids is 1. The number of carbonyl (C=O) groups is 1. The Morgan fingerprint density at radius 3 is 2.41 bits per heavy atom. The fourth-order valence-electron chi connectivity index (χ4n) is 1.34. The van der Waals surface area contributed by atoms with Crippen molar-refractivity contribution in [1.82, 2.24) is 0 Å². The van der Waals surface area contributed by atoms with Crippen LogP contribution in [0.25, 0.3) is 0 Å². The third kappa shape index (κ3) is 3.65. The van der Waals surface area contributed by atoms with Crippen molar-refractivity contribution in [3.8, 4) is 11.5 Å². The first-order chi connectivity index (χ1) is 7.70. The van der Waals surface area contributed by atoms with Crippen molar-refractivity contribution in [3.05, 3.63) is 28.8 Å². The van der Waals surface area contributed by atoms with E-state index in [2.05, 4.69) is 31.1 Å². The lowest BCUT2D eigenvalue weighted by Gasteiger charge is -2.07. The van der Waals surface area contributed by atoms with Crippen molar-refractivity contribution in [3.63, 3.8) is 0 Å². The smallest absolute Gasteiger partial charge is 0.336 e. The van der Waals surface area contributed by atoms with E-state index in [0.717, 1.165) is 0 Å². The van der Waals surface area contributed by atoms with Crippen LogP contribution in [0.5, 0.6) is 0 Å². The molecule has 0 aliphatic carbocycles. The maximum atomic E-state index is 11.0. The molecule has 0 aromatic heterocycles. The molecule has 90 valence electrons. The highest BCUT2D eigenvalue weighted by atomic mass is 28.3. The zero-order valence-electron chi connectivity index (χ0n) is 10.6. The predicted molar refractivity (Wildman–Crippen MR) is 72.8 cm³/mol. The van der Waals surface area contributed by atoms with Crippen LogP contribution >= 0.6 is 0 Å². The van der Waals surface area contributed by atoms with Crippen molar-refractivity contribution in [2.75, 3.05) is 5.73 Å². The average molecular weight is 247 g/mol. The van der Waals surface area contributed by atoms with Gasteiger partial charge in [0, 0.05) is 11.3 Å². The minimum absolute atomic E-state index is 0.227. The summed E-state index contributed by atoms with van der Waals surface area (Å²) in [6.45, 7) is 8.18. The zero-order chi connectivity index (χ0) is 13.2. The Labute approximate surface area is 103 Å². The molecule has 17 heavy (non-hydrogen) atoms. The van der Waals surface area contributed by atoms with E-state index in [1.165, 1.54) is 6.07 Å². The lowest BCUT2D eigenvalue weighted by molar-refractivity contribution is 0.0696. The third-order valence-electron chi connectivity index (χ3n) is 2.23. The highest BCUT2D eigenvalue weighted by Crippen LogP contribution is 2.18. The molecular formula is C13H17NO2Si. The van der Waals surface area contributed by atoms with E-state index in [-0.39, 0.29) is 5.56 Å². The predicted octanol–water partition coefficient (Wildman–Crippen LogP) is 2.50. The van der Waals surface area contributed by atoms with Crippen molar-refractivity contribution in [2.24, 2.45) is 0 Å².